The number of hydrogen-bond donors (Lipinski definition) is 0. The van der Waals surface area contributed by atoms with E-state index in [0.29, 0.717) is 22.4 Å². The van der Waals surface area contributed by atoms with E-state index < -0.39 is 11.5 Å². The summed E-state index contributed by atoms with van der Waals surface area (Å²) >= 11 is 1.25. The molecule has 0 saturated carbocycles. The van der Waals surface area contributed by atoms with Gasteiger partial charge in [-0.15, -0.1) is 10.2 Å². The molecule has 1 atom stereocenters. The molecule has 0 fully saturated rings. The Bertz CT molecular complexity index is 1440. The van der Waals surface area contributed by atoms with Crippen molar-refractivity contribution >= 4 is 28.1 Å². The van der Waals surface area contributed by atoms with Gasteiger partial charge in [-0.2, -0.15) is 4.37 Å². The van der Waals surface area contributed by atoms with Gasteiger partial charge in [-0.1, -0.05) is 6.07 Å². The van der Waals surface area contributed by atoms with Gasteiger partial charge in [0.05, 0.1) is 29.4 Å². The summed E-state index contributed by atoms with van der Waals surface area (Å²) < 4.78 is 41.8. The molecule has 1 unspecified atom stereocenters. The zero-order valence-corrected chi connectivity index (χ0v) is 17.7. The first kappa shape index (κ1) is 19.5. The van der Waals surface area contributed by atoms with Crippen LogP contribution in [0.2, 0.25) is 0 Å². The van der Waals surface area contributed by atoms with Crippen molar-refractivity contribution in [2.45, 2.75) is 19.5 Å². The van der Waals surface area contributed by atoms with Crippen LogP contribution in [0.3, 0.4) is 0 Å². The Morgan fingerprint density at radius 3 is 2.71 bits per heavy atom. The van der Waals surface area contributed by atoms with Crippen LogP contribution in [-0.4, -0.2) is 31.1 Å². The van der Waals surface area contributed by atoms with Crippen LogP contribution in [0.5, 0.6) is 5.75 Å². The number of hydrogen-bond acceptors (Lipinski definition) is 6. The van der Waals surface area contributed by atoms with E-state index in [0.717, 1.165) is 16.0 Å². The maximum atomic E-state index is 16.2. The molecule has 0 aliphatic heterocycles. The number of benzene rings is 1. The van der Waals surface area contributed by atoms with E-state index in [4.69, 9.17) is 4.74 Å². The van der Waals surface area contributed by atoms with Crippen LogP contribution in [0.15, 0.2) is 48.8 Å². The fourth-order valence-corrected chi connectivity index (χ4v) is 4.29. The molecule has 4 aromatic heterocycles. The lowest BCUT2D eigenvalue weighted by molar-refractivity contribution is 0.234. The highest BCUT2D eigenvalue weighted by Crippen LogP contribution is 2.36. The van der Waals surface area contributed by atoms with Gasteiger partial charge in [-0.05, 0) is 61.3 Å². The summed E-state index contributed by atoms with van der Waals surface area (Å²) in [7, 11) is 1.55. The van der Waals surface area contributed by atoms with Crippen molar-refractivity contribution in [2.75, 3.05) is 7.11 Å². The van der Waals surface area contributed by atoms with Crippen molar-refractivity contribution in [1.29, 1.82) is 0 Å². The van der Waals surface area contributed by atoms with Crippen molar-refractivity contribution in [3.63, 3.8) is 0 Å². The number of alkyl halides is 1. The second kappa shape index (κ2) is 7.05. The van der Waals surface area contributed by atoms with E-state index >= 15 is 4.39 Å². The number of fused-ring (bicyclic) bond motifs is 2. The van der Waals surface area contributed by atoms with Crippen molar-refractivity contribution in [3.8, 4) is 16.2 Å². The Labute approximate surface area is 180 Å². The Morgan fingerprint density at radius 1 is 1.13 bits per heavy atom. The molecule has 9 heteroatoms. The first-order chi connectivity index (χ1) is 14.9. The average Bonchev–Trinajstić information content (AvgIpc) is 3.39. The summed E-state index contributed by atoms with van der Waals surface area (Å²) in [6, 6.07) is 10.1. The quantitative estimate of drug-likeness (QED) is 0.392. The van der Waals surface area contributed by atoms with Gasteiger partial charge in [0.15, 0.2) is 23.0 Å². The molecule has 0 radical (unpaired) electrons. The molecule has 0 amide bonds. The van der Waals surface area contributed by atoms with Gasteiger partial charge in [0.25, 0.3) is 0 Å². The summed E-state index contributed by atoms with van der Waals surface area (Å²) in [5.74, 6) is -0.0186. The van der Waals surface area contributed by atoms with E-state index in [1.807, 2.05) is 13.0 Å². The molecule has 5 rings (SSSR count). The largest absolute Gasteiger partial charge is 0.495 e. The average molecular weight is 437 g/mol. The summed E-state index contributed by atoms with van der Waals surface area (Å²) in [6.07, 6.45) is 3.25. The number of aryl methyl sites for hydroxylation is 1. The molecule has 0 spiro atoms. The minimum Gasteiger partial charge on any atom is -0.495 e. The van der Waals surface area contributed by atoms with Crippen LogP contribution in [0.25, 0.3) is 27.0 Å². The van der Waals surface area contributed by atoms with Gasteiger partial charge < -0.3 is 4.74 Å². The summed E-state index contributed by atoms with van der Waals surface area (Å²) in [4.78, 5) is 5.09. The summed E-state index contributed by atoms with van der Waals surface area (Å²) in [5, 5.41) is 8.62. The fourth-order valence-electron chi connectivity index (χ4n) is 3.55. The van der Waals surface area contributed by atoms with E-state index in [9.17, 15) is 4.39 Å². The van der Waals surface area contributed by atoms with E-state index in [1.54, 1.807) is 43.8 Å². The van der Waals surface area contributed by atoms with Crippen LogP contribution in [0.4, 0.5) is 8.78 Å². The second-order valence-electron chi connectivity index (χ2n) is 7.41. The van der Waals surface area contributed by atoms with E-state index in [1.165, 1.54) is 28.9 Å². The Kier molecular flexibility index (Phi) is 4.44. The standard InChI is InChI=1S/C22H17F2N5OS/c1-12-6-19(31-28-12)14-9-17(23)20-26-27-21(29(20)11-14)22(2,24)15-4-5-18-13(7-15)8-16(30-3)10-25-18/h4-11H,1-3H3. The zero-order valence-electron chi connectivity index (χ0n) is 16.9. The number of pyridine rings is 2. The van der Waals surface area contributed by atoms with Gasteiger partial charge >= 0.3 is 0 Å². The smallest absolute Gasteiger partial charge is 0.197 e. The minimum absolute atomic E-state index is 0.0142. The third-order valence-corrected chi connectivity index (χ3v) is 6.16. The Morgan fingerprint density at radius 2 is 1.97 bits per heavy atom. The van der Waals surface area contributed by atoms with E-state index in [-0.39, 0.29) is 11.5 Å². The molecular formula is C22H17F2N5OS. The molecule has 0 aliphatic carbocycles. The van der Waals surface area contributed by atoms with Crippen molar-refractivity contribution in [1.82, 2.24) is 24.0 Å². The summed E-state index contributed by atoms with van der Waals surface area (Å²) in [6.45, 7) is 3.25. The number of aromatic nitrogens is 5. The third-order valence-electron chi connectivity index (χ3n) is 5.23. The molecule has 0 saturated heterocycles. The van der Waals surface area contributed by atoms with Crippen LogP contribution in [-0.2, 0) is 5.67 Å². The van der Waals surface area contributed by atoms with Crippen LogP contribution in [0.1, 0.15) is 24.0 Å². The minimum atomic E-state index is -2.04. The molecule has 1 aromatic carbocycles. The highest BCUT2D eigenvalue weighted by atomic mass is 32.1. The first-order valence-electron chi connectivity index (χ1n) is 9.48. The van der Waals surface area contributed by atoms with Gasteiger partial charge in [-0.25, -0.2) is 8.78 Å². The van der Waals surface area contributed by atoms with Crippen LogP contribution < -0.4 is 4.74 Å². The monoisotopic (exact) mass is 437 g/mol. The zero-order chi connectivity index (χ0) is 21.8. The Hall–Kier alpha value is -3.46. The lowest BCUT2D eigenvalue weighted by Crippen LogP contribution is -2.21. The molecule has 5 aromatic rings. The molecule has 156 valence electrons. The number of halogens is 2. The molecule has 6 nitrogen and oxygen atoms in total. The molecular weight excluding hydrogens is 420 g/mol. The fraction of sp³-hybridized carbons (Fsp3) is 0.182. The number of rotatable bonds is 4. The molecule has 0 N–H and O–H groups in total. The maximum absolute atomic E-state index is 16.2. The highest BCUT2D eigenvalue weighted by molar-refractivity contribution is 7.09. The second-order valence-corrected chi connectivity index (χ2v) is 8.22. The van der Waals surface area contributed by atoms with Gasteiger partial charge in [0, 0.05) is 17.1 Å². The molecule has 0 bridgehead atoms. The number of ether oxygens (including phenoxy) is 1. The van der Waals surface area contributed by atoms with Gasteiger partial charge in [0.2, 0.25) is 0 Å². The molecule has 31 heavy (non-hydrogen) atoms. The molecule has 4 heterocycles. The lowest BCUT2D eigenvalue weighted by atomic mass is 9.95. The van der Waals surface area contributed by atoms with Crippen molar-refractivity contribution in [3.05, 3.63) is 71.7 Å². The SMILES string of the molecule is COc1cnc2ccc(C(C)(F)c3nnc4c(F)cc(-c5cc(C)ns5)cn34)cc2c1. The van der Waals surface area contributed by atoms with E-state index in [2.05, 4.69) is 19.6 Å². The predicted molar refractivity (Wildman–Crippen MR) is 115 cm³/mol. The first-order valence-corrected chi connectivity index (χ1v) is 10.3. The highest BCUT2D eigenvalue weighted by Gasteiger charge is 2.35. The Balaban J connectivity index is 1.67. The lowest BCUT2D eigenvalue weighted by Gasteiger charge is -2.20. The topological polar surface area (TPSA) is 65.2 Å². The van der Waals surface area contributed by atoms with Gasteiger partial charge in [-0.3, -0.25) is 9.38 Å². The van der Waals surface area contributed by atoms with Gasteiger partial charge in [0.1, 0.15) is 5.75 Å². The normalized spacial score (nSPS) is 13.6. The predicted octanol–water partition coefficient (Wildman–Crippen LogP) is 5.09. The van der Waals surface area contributed by atoms with Crippen LogP contribution >= 0.6 is 11.5 Å². The third kappa shape index (κ3) is 3.21. The van der Waals surface area contributed by atoms with Crippen LogP contribution in [0, 0.1) is 12.7 Å². The number of methoxy groups -OCH3 is 1. The van der Waals surface area contributed by atoms with Crippen molar-refractivity contribution in [2.24, 2.45) is 0 Å². The summed E-state index contributed by atoms with van der Waals surface area (Å²) in [5.41, 5.74) is 0.405. The maximum Gasteiger partial charge on any atom is 0.197 e. The molecule has 0 aliphatic rings. The van der Waals surface area contributed by atoms with Crippen molar-refractivity contribution < 1.29 is 13.5 Å². The number of nitrogens with zero attached hydrogens (tertiary/aromatic N) is 5.